The molecular weight excluding hydrogens is 434 g/mol. The Balaban J connectivity index is 1.36. The maximum absolute atomic E-state index is 15.1. The Morgan fingerprint density at radius 2 is 1.79 bits per heavy atom. The molecule has 2 aromatic rings. The van der Waals surface area contributed by atoms with E-state index in [1.807, 2.05) is 0 Å². The highest BCUT2D eigenvalue weighted by molar-refractivity contribution is 5.91. The van der Waals surface area contributed by atoms with Gasteiger partial charge in [0.2, 0.25) is 0 Å². The highest BCUT2D eigenvalue weighted by atomic mass is 19.1. The van der Waals surface area contributed by atoms with Crippen molar-refractivity contribution in [3.63, 3.8) is 0 Å². The maximum atomic E-state index is 15.1. The van der Waals surface area contributed by atoms with Crippen LogP contribution in [0, 0.1) is 29.4 Å². The van der Waals surface area contributed by atoms with Crippen molar-refractivity contribution in [2.75, 3.05) is 7.11 Å². The third-order valence-corrected chi connectivity index (χ3v) is 7.71. The lowest BCUT2D eigenvalue weighted by molar-refractivity contribution is 0.0733. The molecule has 0 aliphatic heterocycles. The van der Waals surface area contributed by atoms with Gasteiger partial charge in [-0.25, -0.2) is 13.6 Å². The number of rotatable bonds is 7. The predicted octanol–water partition coefficient (Wildman–Crippen LogP) is 7.85. The van der Waals surface area contributed by atoms with Gasteiger partial charge in [0.15, 0.2) is 11.6 Å². The average Bonchev–Trinajstić information content (AvgIpc) is 2.84. The minimum Gasteiger partial charge on any atom is -0.494 e. The van der Waals surface area contributed by atoms with E-state index in [2.05, 4.69) is 19.1 Å². The Hall–Kier alpha value is -2.69. The summed E-state index contributed by atoms with van der Waals surface area (Å²) in [7, 11) is 1.36. The molecule has 2 aliphatic rings. The molecule has 0 aromatic heterocycles. The van der Waals surface area contributed by atoms with Gasteiger partial charge in [0.25, 0.3) is 0 Å². The maximum Gasteiger partial charge on any atom is 0.343 e. The zero-order chi connectivity index (χ0) is 24.1. The van der Waals surface area contributed by atoms with Gasteiger partial charge in [-0.3, -0.25) is 0 Å². The number of esters is 1. The van der Waals surface area contributed by atoms with Gasteiger partial charge in [-0.2, -0.15) is 0 Å². The van der Waals surface area contributed by atoms with Crippen LogP contribution in [0.15, 0.2) is 48.6 Å². The molecule has 2 saturated carbocycles. The molecule has 3 nitrogen and oxygen atoms in total. The molecule has 2 aliphatic carbocycles. The summed E-state index contributed by atoms with van der Waals surface area (Å²) in [4.78, 5) is 12.5. The molecule has 4 unspecified atom stereocenters. The third-order valence-electron chi connectivity index (χ3n) is 7.71. The van der Waals surface area contributed by atoms with E-state index in [9.17, 15) is 9.18 Å². The highest BCUT2D eigenvalue weighted by Gasteiger charge is 2.36. The van der Waals surface area contributed by atoms with Crippen molar-refractivity contribution in [3.8, 4) is 11.5 Å². The van der Waals surface area contributed by atoms with Gasteiger partial charge in [-0.15, -0.1) is 0 Å². The van der Waals surface area contributed by atoms with Crippen molar-refractivity contribution in [1.82, 2.24) is 0 Å². The Labute approximate surface area is 201 Å². The van der Waals surface area contributed by atoms with Crippen molar-refractivity contribution in [2.24, 2.45) is 17.8 Å². The van der Waals surface area contributed by atoms with Crippen LogP contribution >= 0.6 is 0 Å². The molecule has 0 N–H and O–H groups in total. The third kappa shape index (κ3) is 5.68. The first kappa shape index (κ1) is 24.4. The van der Waals surface area contributed by atoms with Crippen LogP contribution < -0.4 is 9.47 Å². The van der Waals surface area contributed by atoms with Crippen LogP contribution in [0.3, 0.4) is 0 Å². The van der Waals surface area contributed by atoms with Crippen molar-refractivity contribution in [1.29, 1.82) is 0 Å². The Bertz CT molecular complexity index is 1030. The van der Waals surface area contributed by atoms with E-state index >= 15 is 4.39 Å². The normalized spacial score (nSPS) is 24.6. The Morgan fingerprint density at radius 3 is 2.53 bits per heavy atom. The number of carbonyl (C=O) groups is 1. The van der Waals surface area contributed by atoms with Gasteiger partial charge in [0.05, 0.1) is 12.7 Å². The van der Waals surface area contributed by atoms with E-state index in [0.29, 0.717) is 11.5 Å². The first-order valence-electron chi connectivity index (χ1n) is 12.4. The summed E-state index contributed by atoms with van der Waals surface area (Å²) in [5, 5.41) is 0. The molecular formula is C29H34F2O3. The largest absolute Gasteiger partial charge is 0.494 e. The molecule has 2 fully saturated rings. The van der Waals surface area contributed by atoms with Gasteiger partial charge in [-0.05, 0) is 105 Å². The van der Waals surface area contributed by atoms with Crippen molar-refractivity contribution < 1.29 is 23.0 Å². The standard InChI is InChI=1S/C29H34F2O3/c1-3-4-5-6-19-7-8-21-16-22(10-9-20(21)15-19)25-13-11-23(17-26(25)30)29(32)34-24-12-14-28(33-2)27(31)18-24/h3-4,11-14,17-22H,5-10,15-16H2,1-2H3/b4-3+. The molecule has 0 heterocycles. The molecule has 0 saturated heterocycles. The fourth-order valence-corrected chi connectivity index (χ4v) is 5.89. The summed E-state index contributed by atoms with van der Waals surface area (Å²) in [5.41, 5.74) is 0.813. The first-order valence-corrected chi connectivity index (χ1v) is 12.4. The summed E-state index contributed by atoms with van der Waals surface area (Å²) >= 11 is 0. The van der Waals surface area contributed by atoms with E-state index in [1.165, 1.54) is 57.4 Å². The number of carbonyl (C=O) groups excluding carboxylic acids is 1. The molecule has 2 aromatic carbocycles. The molecule has 5 heteroatoms. The number of ether oxygens (including phenoxy) is 2. The summed E-state index contributed by atoms with van der Waals surface area (Å²) in [6.07, 6.45) is 13.9. The second-order valence-corrected chi connectivity index (χ2v) is 9.78. The molecule has 182 valence electrons. The van der Waals surface area contributed by atoms with Crippen molar-refractivity contribution in [2.45, 2.75) is 64.2 Å². The average molecular weight is 469 g/mol. The van der Waals surface area contributed by atoms with Crippen LogP contribution in [0.2, 0.25) is 0 Å². The van der Waals surface area contributed by atoms with E-state index in [0.717, 1.165) is 37.2 Å². The fourth-order valence-electron chi connectivity index (χ4n) is 5.89. The second kappa shape index (κ2) is 11.2. The minimum atomic E-state index is -0.713. The number of halogens is 2. The molecule has 4 atom stereocenters. The molecule has 0 radical (unpaired) electrons. The lowest BCUT2D eigenvalue weighted by Gasteiger charge is -2.42. The zero-order valence-electron chi connectivity index (χ0n) is 20.1. The van der Waals surface area contributed by atoms with Crippen LogP contribution in [0.4, 0.5) is 8.78 Å². The number of benzene rings is 2. The molecule has 34 heavy (non-hydrogen) atoms. The molecule has 0 bridgehead atoms. The van der Waals surface area contributed by atoms with Crippen LogP contribution in [0.1, 0.15) is 80.1 Å². The van der Waals surface area contributed by atoms with Gasteiger partial charge in [0, 0.05) is 6.07 Å². The van der Waals surface area contributed by atoms with Gasteiger partial charge in [-0.1, -0.05) is 24.6 Å². The quantitative estimate of drug-likeness (QED) is 0.236. The summed E-state index contributed by atoms with van der Waals surface area (Å²) in [6.45, 7) is 2.08. The monoisotopic (exact) mass is 468 g/mol. The lowest BCUT2D eigenvalue weighted by atomic mass is 9.63. The molecule has 0 amide bonds. The Kier molecular flexibility index (Phi) is 8.02. The number of methoxy groups -OCH3 is 1. The van der Waals surface area contributed by atoms with Gasteiger partial charge in [0.1, 0.15) is 11.6 Å². The number of fused-ring (bicyclic) bond motifs is 1. The van der Waals surface area contributed by atoms with Gasteiger partial charge >= 0.3 is 5.97 Å². The van der Waals surface area contributed by atoms with Crippen molar-refractivity contribution in [3.05, 3.63) is 71.3 Å². The lowest BCUT2D eigenvalue weighted by Crippen LogP contribution is -2.30. The Morgan fingerprint density at radius 1 is 1.00 bits per heavy atom. The van der Waals surface area contributed by atoms with Crippen molar-refractivity contribution >= 4 is 5.97 Å². The smallest absolute Gasteiger partial charge is 0.343 e. The number of allylic oxidation sites excluding steroid dienone is 2. The van der Waals surface area contributed by atoms with E-state index < -0.39 is 11.8 Å². The minimum absolute atomic E-state index is 0.0485. The van der Waals surface area contributed by atoms with Crippen LogP contribution in [0.5, 0.6) is 11.5 Å². The summed E-state index contributed by atoms with van der Waals surface area (Å²) < 4.78 is 39.0. The van der Waals surface area contributed by atoms with Crippen LogP contribution in [-0.2, 0) is 0 Å². The summed E-state index contributed by atoms with van der Waals surface area (Å²) in [5.74, 6) is 0.871. The molecule has 0 spiro atoms. The molecule has 4 rings (SSSR count). The first-order chi connectivity index (χ1) is 16.5. The van der Waals surface area contributed by atoms with E-state index in [1.54, 1.807) is 12.1 Å². The van der Waals surface area contributed by atoms with Crippen LogP contribution in [0.25, 0.3) is 0 Å². The van der Waals surface area contributed by atoms with E-state index in [-0.39, 0.29) is 28.8 Å². The van der Waals surface area contributed by atoms with Crippen LogP contribution in [-0.4, -0.2) is 13.1 Å². The number of hydrogen-bond acceptors (Lipinski definition) is 3. The summed E-state index contributed by atoms with van der Waals surface area (Å²) in [6, 6.07) is 8.50. The highest BCUT2D eigenvalue weighted by Crippen LogP contribution is 2.48. The predicted molar refractivity (Wildman–Crippen MR) is 129 cm³/mol. The zero-order valence-corrected chi connectivity index (χ0v) is 20.1. The fraction of sp³-hybridized carbons (Fsp3) is 0.483. The SMILES string of the molecule is C/C=C/CCC1CCC2CC(c3ccc(C(=O)Oc4ccc(OC)c(F)c4)cc3F)CCC2C1. The second-order valence-electron chi connectivity index (χ2n) is 9.78. The van der Waals surface area contributed by atoms with E-state index in [4.69, 9.17) is 9.47 Å². The number of hydrogen-bond donors (Lipinski definition) is 0. The topological polar surface area (TPSA) is 35.5 Å². The van der Waals surface area contributed by atoms with Gasteiger partial charge < -0.3 is 9.47 Å².